The highest BCUT2D eigenvalue weighted by Crippen LogP contribution is 2.31. The van der Waals surface area contributed by atoms with Gasteiger partial charge in [-0.15, -0.1) is 0 Å². The summed E-state index contributed by atoms with van der Waals surface area (Å²) in [5.41, 5.74) is 2.19. The lowest BCUT2D eigenvalue weighted by Gasteiger charge is -2.02. The maximum atomic E-state index is 11.8. The van der Waals surface area contributed by atoms with Crippen molar-refractivity contribution in [2.45, 2.75) is 13.8 Å². The number of carbonyl (C=O) groups is 1. The zero-order valence-electron chi connectivity index (χ0n) is 9.43. The van der Waals surface area contributed by atoms with Gasteiger partial charge in [0.15, 0.2) is 0 Å². The molecule has 3 nitrogen and oxygen atoms in total. The van der Waals surface area contributed by atoms with Crippen molar-refractivity contribution >= 4 is 44.4 Å². The van der Waals surface area contributed by atoms with E-state index in [1.165, 1.54) is 0 Å². The van der Waals surface area contributed by atoms with Crippen LogP contribution in [0.2, 0.25) is 5.02 Å². The van der Waals surface area contributed by atoms with Gasteiger partial charge >= 0.3 is 5.97 Å². The van der Waals surface area contributed by atoms with E-state index in [-0.39, 0.29) is 5.97 Å². The number of halogens is 2. The Balaban J connectivity index is 2.66. The number of nitrogens with one attached hydrogen (secondary N) is 1. The molecule has 0 atom stereocenters. The van der Waals surface area contributed by atoms with Crippen LogP contribution in [-0.2, 0) is 4.74 Å². The zero-order valence-corrected chi connectivity index (χ0v) is 11.8. The largest absolute Gasteiger partial charge is 0.462 e. The summed E-state index contributed by atoms with van der Waals surface area (Å²) in [6, 6.07) is 3.62. The number of H-pyrrole nitrogens is 1. The molecule has 1 aromatic heterocycles. The lowest BCUT2D eigenvalue weighted by molar-refractivity contribution is 0.0528. The second-order valence-electron chi connectivity index (χ2n) is 3.66. The van der Waals surface area contributed by atoms with E-state index in [1.807, 2.05) is 13.0 Å². The second-order valence-corrected chi connectivity index (χ2v) is 4.92. The summed E-state index contributed by atoms with van der Waals surface area (Å²) in [5.74, 6) is -0.314. The molecule has 0 amide bonds. The van der Waals surface area contributed by atoms with E-state index in [0.29, 0.717) is 17.2 Å². The molecule has 0 bridgehead atoms. The fraction of sp³-hybridized carbons (Fsp3) is 0.250. The number of fused-ring (bicyclic) bond motifs is 1. The number of ether oxygens (including phenoxy) is 1. The van der Waals surface area contributed by atoms with E-state index in [0.717, 1.165) is 21.1 Å². The number of benzene rings is 1. The van der Waals surface area contributed by atoms with Crippen molar-refractivity contribution in [3.05, 3.63) is 32.9 Å². The highest BCUT2D eigenvalue weighted by molar-refractivity contribution is 9.10. The first-order chi connectivity index (χ1) is 8.04. The summed E-state index contributed by atoms with van der Waals surface area (Å²) in [4.78, 5) is 15.0. The predicted molar refractivity (Wildman–Crippen MR) is 71.7 cm³/mol. The van der Waals surface area contributed by atoms with Gasteiger partial charge in [-0.25, -0.2) is 4.79 Å². The summed E-state index contributed by atoms with van der Waals surface area (Å²) in [7, 11) is 0. The van der Waals surface area contributed by atoms with Crippen LogP contribution in [0.25, 0.3) is 10.9 Å². The molecule has 0 radical (unpaired) electrons. The first kappa shape index (κ1) is 12.5. The molecule has 2 aromatic rings. The molecule has 2 rings (SSSR count). The normalized spacial score (nSPS) is 10.8. The van der Waals surface area contributed by atoms with E-state index in [4.69, 9.17) is 16.3 Å². The fourth-order valence-corrected chi connectivity index (χ4v) is 2.30. The van der Waals surface area contributed by atoms with Crippen LogP contribution in [0.5, 0.6) is 0 Å². The number of aromatic amines is 1. The Morgan fingerprint density at radius 1 is 1.53 bits per heavy atom. The Kier molecular flexibility index (Phi) is 3.45. The van der Waals surface area contributed by atoms with Gasteiger partial charge in [-0.1, -0.05) is 11.6 Å². The number of hydrogen-bond donors (Lipinski definition) is 1. The molecule has 0 saturated heterocycles. The molecule has 0 aliphatic heterocycles. The minimum Gasteiger partial charge on any atom is -0.462 e. The van der Waals surface area contributed by atoms with Crippen molar-refractivity contribution in [3.63, 3.8) is 0 Å². The average Bonchev–Trinajstić information content (AvgIpc) is 2.55. The molecule has 1 N–H and O–H groups in total. The van der Waals surface area contributed by atoms with Crippen molar-refractivity contribution in [1.82, 2.24) is 4.98 Å². The Morgan fingerprint density at radius 3 is 2.88 bits per heavy atom. The van der Waals surface area contributed by atoms with E-state index < -0.39 is 0 Å². The smallest absolute Gasteiger partial charge is 0.340 e. The summed E-state index contributed by atoms with van der Waals surface area (Å²) in [6.45, 7) is 3.99. The third kappa shape index (κ3) is 2.19. The molecule has 0 aliphatic carbocycles. The number of hydrogen-bond acceptors (Lipinski definition) is 2. The molecule has 90 valence electrons. The Morgan fingerprint density at radius 2 is 2.24 bits per heavy atom. The van der Waals surface area contributed by atoms with E-state index >= 15 is 0 Å². The van der Waals surface area contributed by atoms with Crippen molar-refractivity contribution in [1.29, 1.82) is 0 Å². The van der Waals surface area contributed by atoms with Crippen LogP contribution >= 0.6 is 27.5 Å². The van der Waals surface area contributed by atoms with Crippen LogP contribution in [0.15, 0.2) is 16.6 Å². The van der Waals surface area contributed by atoms with Gasteiger partial charge < -0.3 is 9.72 Å². The van der Waals surface area contributed by atoms with E-state index in [2.05, 4.69) is 20.9 Å². The molecule has 0 aliphatic rings. The summed E-state index contributed by atoms with van der Waals surface area (Å²) >= 11 is 9.36. The van der Waals surface area contributed by atoms with Gasteiger partial charge in [-0.05, 0) is 41.9 Å². The lowest BCUT2D eigenvalue weighted by Crippen LogP contribution is -2.05. The zero-order chi connectivity index (χ0) is 12.6. The topological polar surface area (TPSA) is 42.1 Å². The number of aromatic nitrogens is 1. The number of carbonyl (C=O) groups excluding carboxylic acids is 1. The van der Waals surface area contributed by atoms with Crippen molar-refractivity contribution < 1.29 is 9.53 Å². The monoisotopic (exact) mass is 315 g/mol. The van der Waals surface area contributed by atoms with Gasteiger partial charge in [0.1, 0.15) is 0 Å². The van der Waals surface area contributed by atoms with Crippen LogP contribution in [0.4, 0.5) is 0 Å². The molecule has 1 heterocycles. The fourth-order valence-electron chi connectivity index (χ4n) is 1.79. The van der Waals surface area contributed by atoms with Gasteiger partial charge in [0.2, 0.25) is 0 Å². The number of aryl methyl sites for hydroxylation is 1. The molecular formula is C12H11BrClNO2. The van der Waals surface area contributed by atoms with Crippen molar-refractivity contribution in [2.75, 3.05) is 6.61 Å². The van der Waals surface area contributed by atoms with Gasteiger partial charge in [0.25, 0.3) is 0 Å². The third-order valence-corrected chi connectivity index (χ3v) is 3.70. The Labute approximate surface area is 112 Å². The summed E-state index contributed by atoms with van der Waals surface area (Å²) in [5, 5.41) is 1.42. The quantitative estimate of drug-likeness (QED) is 0.849. The SMILES string of the molecule is CCOC(=O)c1c(C)[nH]c2cc(Cl)c(Br)cc12. The maximum absolute atomic E-state index is 11.8. The molecule has 1 aromatic carbocycles. The highest BCUT2D eigenvalue weighted by Gasteiger charge is 2.18. The average molecular weight is 317 g/mol. The summed E-state index contributed by atoms with van der Waals surface area (Å²) in [6.07, 6.45) is 0. The van der Waals surface area contributed by atoms with E-state index in [9.17, 15) is 4.79 Å². The molecule has 0 saturated carbocycles. The third-order valence-electron chi connectivity index (χ3n) is 2.51. The van der Waals surface area contributed by atoms with Crippen molar-refractivity contribution in [2.24, 2.45) is 0 Å². The molecule has 0 unspecified atom stereocenters. The first-order valence-corrected chi connectivity index (χ1v) is 6.36. The minimum absolute atomic E-state index is 0.314. The van der Waals surface area contributed by atoms with Crippen LogP contribution in [0.3, 0.4) is 0 Å². The first-order valence-electron chi connectivity index (χ1n) is 5.19. The van der Waals surface area contributed by atoms with Crippen LogP contribution < -0.4 is 0 Å². The molecule has 0 fully saturated rings. The molecular weight excluding hydrogens is 305 g/mol. The number of esters is 1. The van der Waals surface area contributed by atoms with Crippen molar-refractivity contribution in [3.8, 4) is 0 Å². The second kappa shape index (κ2) is 4.70. The van der Waals surface area contributed by atoms with Crippen LogP contribution in [0, 0.1) is 6.92 Å². The lowest BCUT2D eigenvalue weighted by atomic mass is 10.1. The minimum atomic E-state index is -0.314. The maximum Gasteiger partial charge on any atom is 0.340 e. The molecule has 5 heteroatoms. The Hall–Kier alpha value is -1.000. The van der Waals surface area contributed by atoms with Gasteiger partial charge in [-0.2, -0.15) is 0 Å². The predicted octanol–water partition coefficient (Wildman–Crippen LogP) is 4.07. The van der Waals surface area contributed by atoms with Gasteiger partial charge in [0, 0.05) is 21.1 Å². The van der Waals surface area contributed by atoms with E-state index in [1.54, 1.807) is 13.0 Å². The highest BCUT2D eigenvalue weighted by atomic mass is 79.9. The van der Waals surface area contributed by atoms with Gasteiger partial charge in [-0.3, -0.25) is 0 Å². The van der Waals surface area contributed by atoms with Crippen LogP contribution in [-0.4, -0.2) is 17.6 Å². The summed E-state index contributed by atoms with van der Waals surface area (Å²) < 4.78 is 5.80. The standard InChI is InChI=1S/C12H11BrClNO2/c1-3-17-12(16)11-6(2)15-10-5-9(14)8(13)4-7(10)11/h4-5,15H,3H2,1-2H3. The van der Waals surface area contributed by atoms with Gasteiger partial charge in [0.05, 0.1) is 17.2 Å². The molecule has 17 heavy (non-hydrogen) atoms. The number of rotatable bonds is 2. The Bertz CT molecular complexity index is 592. The molecule has 0 spiro atoms. The van der Waals surface area contributed by atoms with Crippen LogP contribution in [0.1, 0.15) is 23.0 Å².